The molecule has 0 spiro atoms. The summed E-state index contributed by atoms with van der Waals surface area (Å²) >= 11 is 0. The van der Waals surface area contributed by atoms with Gasteiger partial charge in [-0.1, -0.05) is 6.07 Å². The third-order valence-electron chi connectivity index (χ3n) is 5.44. The normalized spacial score (nSPS) is 26.8. The maximum absolute atomic E-state index is 14.2. The van der Waals surface area contributed by atoms with E-state index in [4.69, 9.17) is 9.47 Å². The molecule has 0 aromatic heterocycles. The van der Waals surface area contributed by atoms with Crippen molar-refractivity contribution in [2.24, 2.45) is 11.3 Å². The lowest BCUT2D eigenvalue weighted by molar-refractivity contribution is -0.149. The smallest absolute Gasteiger partial charge is 0.312 e. The zero-order chi connectivity index (χ0) is 18.0. The second-order valence-electron chi connectivity index (χ2n) is 7.01. The summed E-state index contributed by atoms with van der Waals surface area (Å²) < 4.78 is 24.3. The van der Waals surface area contributed by atoms with Gasteiger partial charge in [0.1, 0.15) is 11.6 Å². The fourth-order valence-corrected chi connectivity index (χ4v) is 4.11. The second kappa shape index (κ2) is 7.27. The monoisotopic (exact) mass is 352 g/mol. The first-order valence-electron chi connectivity index (χ1n) is 8.48. The van der Waals surface area contributed by atoms with Crippen LogP contribution in [0.2, 0.25) is 0 Å². The van der Waals surface area contributed by atoms with Crippen LogP contribution in [0.15, 0.2) is 18.2 Å². The molecule has 1 N–H and O–H groups in total. The predicted octanol–water partition coefficient (Wildman–Crippen LogP) is 1.30. The van der Waals surface area contributed by atoms with Gasteiger partial charge in [-0.05, 0) is 6.07 Å². The van der Waals surface area contributed by atoms with Crippen molar-refractivity contribution in [2.75, 3.05) is 53.6 Å². The van der Waals surface area contributed by atoms with Crippen molar-refractivity contribution in [1.82, 2.24) is 9.80 Å². The molecule has 2 atom stereocenters. The van der Waals surface area contributed by atoms with Crippen LogP contribution in [-0.4, -0.2) is 74.4 Å². The Bertz CT molecular complexity index is 642. The molecule has 6 nitrogen and oxygen atoms in total. The molecule has 2 fully saturated rings. The number of hydrogen-bond donors (Lipinski definition) is 1. The van der Waals surface area contributed by atoms with E-state index < -0.39 is 11.4 Å². The summed E-state index contributed by atoms with van der Waals surface area (Å²) in [4.78, 5) is 16.2. The van der Waals surface area contributed by atoms with Crippen LogP contribution in [0.3, 0.4) is 0 Å². The molecule has 0 aliphatic carbocycles. The number of likely N-dealkylation sites (tertiary alicyclic amines) is 2. The average Bonchev–Trinajstić information content (AvgIpc) is 3.09. The molecular weight excluding hydrogens is 327 g/mol. The van der Waals surface area contributed by atoms with Crippen LogP contribution in [0.4, 0.5) is 4.39 Å². The number of rotatable bonds is 7. The molecule has 2 heterocycles. The number of carboxylic acid groups (broad SMARTS) is 1. The maximum Gasteiger partial charge on any atom is 0.312 e. The maximum atomic E-state index is 14.2. The van der Waals surface area contributed by atoms with Crippen LogP contribution < -0.4 is 4.74 Å². The lowest BCUT2D eigenvalue weighted by Gasteiger charge is -2.25. The van der Waals surface area contributed by atoms with Crippen molar-refractivity contribution in [3.05, 3.63) is 29.6 Å². The Kier molecular flexibility index (Phi) is 5.27. The van der Waals surface area contributed by atoms with Gasteiger partial charge < -0.3 is 14.6 Å². The SMILES string of the molecule is COCCN1C[C@H]2CN(Cc3ccc(OC)cc3F)C[C@@]2(C(=O)O)C1. The highest BCUT2D eigenvalue weighted by molar-refractivity contribution is 5.77. The van der Waals surface area contributed by atoms with Gasteiger partial charge in [0, 0.05) is 63.9 Å². The van der Waals surface area contributed by atoms with Crippen molar-refractivity contribution in [3.8, 4) is 5.75 Å². The Morgan fingerprint density at radius 2 is 2.04 bits per heavy atom. The Morgan fingerprint density at radius 3 is 2.64 bits per heavy atom. The molecule has 3 rings (SSSR count). The van der Waals surface area contributed by atoms with Crippen molar-refractivity contribution < 1.29 is 23.8 Å². The highest BCUT2D eigenvalue weighted by Crippen LogP contribution is 2.43. The number of aliphatic carboxylic acids is 1. The highest BCUT2D eigenvalue weighted by Gasteiger charge is 2.57. The number of hydrogen-bond acceptors (Lipinski definition) is 5. The third kappa shape index (κ3) is 3.49. The molecule has 2 saturated heterocycles. The Balaban J connectivity index is 1.69. The first-order valence-corrected chi connectivity index (χ1v) is 8.48. The molecular formula is C18H25FN2O4. The van der Waals surface area contributed by atoms with Gasteiger partial charge in [0.2, 0.25) is 0 Å². The molecule has 25 heavy (non-hydrogen) atoms. The van der Waals surface area contributed by atoms with E-state index in [0.29, 0.717) is 44.1 Å². The van der Waals surface area contributed by atoms with E-state index in [9.17, 15) is 14.3 Å². The molecule has 1 aromatic rings. The summed E-state index contributed by atoms with van der Waals surface area (Å²) in [6, 6.07) is 4.81. The number of benzene rings is 1. The van der Waals surface area contributed by atoms with Gasteiger partial charge in [0.25, 0.3) is 0 Å². The van der Waals surface area contributed by atoms with Crippen LogP contribution in [0.25, 0.3) is 0 Å². The molecule has 0 bridgehead atoms. The molecule has 2 aliphatic rings. The zero-order valence-corrected chi connectivity index (χ0v) is 14.7. The van der Waals surface area contributed by atoms with E-state index in [0.717, 1.165) is 13.1 Å². The summed E-state index contributed by atoms with van der Waals surface area (Å²) in [5, 5.41) is 9.85. The molecule has 7 heteroatoms. The minimum absolute atomic E-state index is 0.0585. The molecule has 0 saturated carbocycles. The fraction of sp³-hybridized carbons (Fsp3) is 0.611. The number of methoxy groups -OCH3 is 2. The van der Waals surface area contributed by atoms with Crippen LogP contribution in [-0.2, 0) is 16.1 Å². The first-order chi connectivity index (χ1) is 12.0. The molecule has 0 unspecified atom stereocenters. The molecule has 0 radical (unpaired) electrons. The Hall–Kier alpha value is -1.70. The summed E-state index contributed by atoms with van der Waals surface area (Å²) in [6.45, 7) is 4.15. The minimum Gasteiger partial charge on any atom is -0.497 e. The van der Waals surface area contributed by atoms with Gasteiger partial charge in [-0.2, -0.15) is 0 Å². The Morgan fingerprint density at radius 1 is 1.32 bits per heavy atom. The number of ether oxygens (including phenoxy) is 2. The van der Waals surface area contributed by atoms with Crippen molar-refractivity contribution in [2.45, 2.75) is 6.54 Å². The second-order valence-corrected chi connectivity index (χ2v) is 7.01. The summed E-state index contributed by atoms with van der Waals surface area (Å²) in [7, 11) is 3.15. The van der Waals surface area contributed by atoms with Crippen LogP contribution in [0.5, 0.6) is 5.75 Å². The fourth-order valence-electron chi connectivity index (χ4n) is 4.11. The quantitative estimate of drug-likeness (QED) is 0.798. The Labute approximate surface area is 147 Å². The number of carbonyl (C=O) groups is 1. The number of nitrogens with zero attached hydrogens (tertiary/aromatic N) is 2. The highest BCUT2D eigenvalue weighted by atomic mass is 19.1. The van der Waals surface area contributed by atoms with Gasteiger partial charge in [-0.25, -0.2) is 4.39 Å². The lowest BCUT2D eigenvalue weighted by atomic mass is 9.81. The number of fused-ring (bicyclic) bond motifs is 1. The summed E-state index contributed by atoms with van der Waals surface area (Å²) in [5.74, 6) is -0.531. The van der Waals surface area contributed by atoms with E-state index >= 15 is 0 Å². The average molecular weight is 352 g/mol. The number of halogens is 1. The molecule has 2 aliphatic heterocycles. The van der Waals surface area contributed by atoms with E-state index in [2.05, 4.69) is 9.80 Å². The number of carboxylic acids is 1. The van der Waals surface area contributed by atoms with Crippen LogP contribution in [0.1, 0.15) is 5.56 Å². The van der Waals surface area contributed by atoms with Gasteiger partial charge in [-0.15, -0.1) is 0 Å². The van der Waals surface area contributed by atoms with E-state index in [1.807, 2.05) is 0 Å². The minimum atomic E-state index is -0.767. The van der Waals surface area contributed by atoms with Gasteiger partial charge in [0.05, 0.1) is 19.1 Å². The van der Waals surface area contributed by atoms with Gasteiger partial charge >= 0.3 is 5.97 Å². The van der Waals surface area contributed by atoms with Crippen molar-refractivity contribution in [1.29, 1.82) is 0 Å². The standard InChI is InChI=1S/C18H25FN2O4/c1-24-6-5-20-9-14-10-21(12-18(14,11-20)17(22)23)8-13-3-4-15(25-2)7-16(13)19/h3-4,7,14H,5-6,8-12H2,1-2H3,(H,22,23)/t14-,18-/m0/s1. The van der Waals surface area contributed by atoms with E-state index in [-0.39, 0.29) is 11.7 Å². The molecule has 1 aromatic carbocycles. The zero-order valence-electron chi connectivity index (χ0n) is 14.7. The molecule has 0 amide bonds. The predicted molar refractivity (Wildman–Crippen MR) is 90.1 cm³/mol. The molecule has 138 valence electrons. The van der Waals surface area contributed by atoms with Crippen molar-refractivity contribution in [3.63, 3.8) is 0 Å². The summed E-state index contributed by atoms with van der Waals surface area (Å²) in [5.41, 5.74) is -0.200. The first kappa shape index (κ1) is 18.1. The van der Waals surface area contributed by atoms with E-state index in [1.54, 1.807) is 19.2 Å². The van der Waals surface area contributed by atoms with Crippen molar-refractivity contribution >= 4 is 5.97 Å². The van der Waals surface area contributed by atoms with Gasteiger partial charge in [-0.3, -0.25) is 14.6 Å². The van der Waals surface area contributed by atoms with Crippen LogP contribution >= 0.6 is 0 Å². The lowest BCUT2D eigenvalue weighted by Crippen LogP contribution is -2.41. The topological polar surface area (TPSA) is 62.2 Å². The van der Waals surface area contributed by atoms with Gasteiger partial charge in [0.15, 0.2) is 0 Å². The van der Waals surface area contributed by atoms with E-state index in [1.165, 1.54) is 13.2 Å². The van der Waals surface area contributed by atoms with Crippen LogP contribution in [0, 0.1) is 17.2 Å². The largest absolute Gasteiger partial charge is 0.497 e. The third-order valence-corrected chi connectivity index (χ3v) is 5.44. The summed E-state index contributed by atoms with van der Waals surface area (Å²) in [6.07, 6.45) is 0.